The van der Waals surface area contributed by atoms with Crippen LogP contribution in [0.25, 0.3) is 5.69 Å². The number of methoxy groups -OCH3 is 1. The quantitative estimate of drug-likeness (QED) is 0.320. The Bertz CT molecular complexity index is 1270. The second-order valence-electron chi connectivity index (χ2n) is 7.51. The lowest BCUT2D eigenvalue weighted by Gasteiger charge is -2.11. The van der Waals surface area contributed by atoms with Gasteiger partial charge in [0.05, 0.1) is 24.2 Å². The average molecular weight is 461 g/mol. The van der Waals surface area contributed by atoms with Crippen LogP contribution >= 0.6 is 11.8 Å². The molecule has 2 aromatic heterocycles. The Labute approximate surface area is 196 Å². The number of anilines is 1. The molecule has 4 rings (SSSR count). The first-order valence-electron chi connectivity index (χ1n) is 10.4. The van der Waals surface area contributed by atoms with Gasteiger partial charge in [-0.15, -0.1) is 5.10 Å². The van der Waals surface area contributed by atoms with Crippen molar-refractivity contribution in [2.45, 2.75) is 31.7 Å². The third kappa shape index (κ3) is 5.20. The Morgan fingerprint density at radius 3 is 2.45 bits per heavy atom. The molecule has 0 aliphatic heterocycles. The molecule has 0 spiro atoms. The minimum Gasteiger partial charge on any atom is -0.495 e. The molecule has 168 valence electrons. The summed E-state index contributed by atoms with van der Waals surface area (Å²) in [5.41, 5.74) is 5.06. The largest absolute Gasteiger partial charge is 0.495 e. The van der Waals surface area contributed by atoms with Crippen molar-refractivity contribution in [3.05, 3.63) is 82.9 Å². The van der Waals surface area contributed by atoms with Gasteiger partial charge >= 0.3 is 0 Å². The van der Waals surface area contributed by atoms with Gasteiger partial charge in [0.2, 0.25) is 0 Å². The molecule has 1 amide bonds. The van der Waals surface area contributed by atoms with E-state index in [9.17, 15) is 4.79 Å². The van der Waals surface area contributed by atoms with Gasteiger partial charge in [0.25, 0.3) is 5.91 Å². The highest BCUT2D eigenvalue weighted by Crippen LogP contribution is 2.28. The number of carbonyl (C=O) groups excluding carboxylic acids is 1. The molecule has 0 atom stereocenters. The highest BCUT2D eigenvalue weighted by molar-refractivity contribution is 7.98. The molecule has 1 N–H and O–H groups in total. The van der Waals surface area contributed by atoms with Gasteiger partial charge in [0.15, 0.2) is 10.9 Å². The van der Waals surface area contributed by atoms with Crippen molar-refractivity contribution in [1.29, 1.82) is 0 Å². The fourth-order valence-corrected chi connectivity index (χ4v) is 4.32. The van der Waals surface area contributed by atoms with Gasteiger partial charge in [-0.2, -0.15) is 0 Å². The second kappa shape index (κ2) is 9.83. The van der Waals surface area contributed by atoms with Crippen LogP contribution in [0.4, 0.5) is 5.69 Å². The zero-order chi connectivity index (χ0) is 23.4. The van der Waals surface area contributed by atoms with Crippen LogP contribution in [0.5, 0.6) is 5.75 Å². The first-order chi connectivity index (χ1) is 15.9. The van der Waals surface area contributed by atoms with E-state index in [1.165, 1.54) is 11.8 Å². The summed E-state index contributed by atoms with van der Waals surface area (Å²) in [6, 6.07) is 17.1. The van der Waals surface area contributed by atoms with Gasteiger partial charge in [-0.25, -0.2) is 14.6 Å². The minimum atomic E-state index is -0.363. The summed E-state index contributed by atoms with van der Waals surface area (Å²) in [6.45, 7) is 5.82. The summed E-state index contributed by atoms with van der Waals surface area (Å²) >= 11 is 1.44. The molecule has 0 bridgehead atoms. The zero-order valence-corrected chi connectivity index (χ0v) is 19.7. The van der Waals surface area contributed by atoms with Crippen LogP contribution in [0, 0.1) is 20.8 Å². The lowest BCUT2D eigenvalue weighted by Crippen LogP contribution is -2.16. The molecule has 0 unspecified atom stereocenters. The fourth-order valence-electron chi connectivity index (χ4n) is 3.38. The van der Waals surface area contributed by atoms with Crippen LogP contribution in [0.1, 0.15) is 33.1 Å². The molecule has 33 heavy (non-hydrogen) atoms. The number of benzene rings is 2. The Morgan fingerprint density at radius 1 is 1.03 bits per heavy atom. The number of nitrogens with one attached hydrogen (secondary N) is 1. The van der Waals surface area contributed by atoms with Crippen molar-refractivity contribution in [2.75, 3.05) is 12.4 Å². The summed E-state index contributed by atoms with van der Waals surface area (Å²) in [4.78, 5) is 22.2. The van der Waals surface area contributed by atoms with E-state index in [0.29, 0.717) is 28.0 Å². The van der Waals surface area contributed by atoms with Gasteiger partial charge in [-0.3, -0.25) is 4.79 Å². The van der Waals surface area contributed by atoms with Crippen LogP contribution in [0.3, 0.4) is 0 Å². The molecule has 0 aliphatic rings. The first-order valence-corrected chi connectivity index (χ1v) is 11.3. The first kappa shape index (κ1) is 22.5. The number of aromatic nitrogens is 5. The van der Waals surface area contributed by atoms with E-state index in [0.717, 1.165) is 22.6 Å². The van der Waals surface area contributed by atoms with E-state index in [2.05, 4.69) is 25.6 Å². The summed E-state index contributed by atoms with van der Waals surface area (Å²) in [5.74, 6) is 0.625. The van der Waals surface area contributed by atoms with Crippen molar-refractivity contribution < 1.29 is 9.53 Å². The van der Waals surface area contributed by atoms with Crippen LogP contribution in [-0.4, -0.2) is 38.0 Å². The van der Waals surface area contributed by atoms with E-state index in [1.54, 1.807) is 11.8 Å². The van der Waals surface area contributed by atoms with Gasteiger partial charge in [0, 0.05) is 17.1 Å². The van der Waals surface area contributed by atoms with Crippen molar-refractivity contribution in [3.8, 4) is 11.4 Å². The van der Waals surface area contributed by atoms with E-state index in [-0.39, 0.29) is 11.6 Å². The summed E-state index contributed by atoms with van der Waals surface area (Å²) < 4.78 is 7.07. The Morgan fingerprint density at radius 2 is 1.76 bits per heavy atom. The molecule has 0 radical (unpaired) electrons. The molecule has 0 saturated carbocycles. The lowest BCUT2D eigenvalue weighted by molar-refractivity contribution is 0.102. The minimum absolute atomic E-state index is 0.235. The number of amides is 1. The van der Waals surface area contributed by atoms with Crippen molar-refractivity contribution in [1.82, 2.24) is 25.0 Å². The molecular weight excluding hydrogens is 436 g/mol. The van der Waals surface area contributed by atoms with Crippen LogP contribution in [0.2, 0.25) is 0 Å². The second-order valence-corrected chi connectivity index (χ2v) is 8.45. The predicted octanol–water partition coefficient (Wildman–Crippen LogP) is 4.54. The Kier molecular flexibility index (Phi) is 6.69. The average Bonchev–Trinajstić information content (AvgIpc) is 3.22. The molecule has 0 fully saturated rings. The number of carbonyl (C=O) groups is 1. The van der Waals surface area contributed by atoms with Crippen LogP contribution in [0.15, 0.2) is 59.8 Å². The van der Waals surface area contributed by atoms with Crippen LogP contribution < -0.4 is 10.1 Å². The van der Waals surface area contributed by atoms with Gasteiger partial charge in [-0.1, -0.05) is 41.2 Å². The maximum atomic E-state index is 13.3. The highest BCUT2D eigenvalue weighted by Gasteiger charge is 2.22. The zero-order valence-electron chi connectivity index (χ0n) is 18.9. The van der Waals surface area contributed by atoms with E-state index in [4.69, 9.17) is 4.74 Å². The molecule has 2 heterocycles. The molecule has 4 aromatic rings. The maximum absolute atomic E-state index is 13.3. The normalized spacial score (nSPS) is 10.8. The van der Waals surface area contributed by atoms with Crippen molar-refractivity contribution in [3.63, 3.8) is 0 Å². The smallest absolute Gasteiger partial charge is 0.278 e. The van der Waals surface area contributed by atoms with Crippen molar-refractivity contribution >= 4 is 23.4 Å². The SMILES string of the molecule is COc1ccc(C)cc1NC(=O)c1nnn(-c2ccccc2)c1CSc1nc(C)cc(C)n1. The predicted molar refractivity (Wildman–Crippen MR) is 128 cm³/mol. The monoisotopic (exact) mass is 460 g/mol. The number of ether oxygens (including phenoxy) is 1. The molecule has 0 saturated heterocycles. The van der Waals surface area contributed by atoms with Crippen LogP contribution in [-0.2, 0) is 5.75 Å². The number of nitrogens with zero attached hydrogens (tertiary/aromatic N) is 5. The van der Waals surface area contributed by atoms with Gasteiger partial charge < -0.3 is 10.1 Å². The summed E-state index contributed by atoms with van der Waals surface area (Å²) in [6.07, 6.45) is 0. The lowest BCUT2D eigenvalue weighted by atomic mass is 10.2. The molecule has 0 aliphatic carbocycles. The number of hydrogen-bond donors (Lipinski definition) is 1. The Balaban J connectivity index is 1.68. The number of thioether (sulfide) groups is 1. The third-order valence-electron chi connectivity index (χ3n) is 4.88. The molecule has 8 nitrogen and oxygen atoms in total. The topological polar surface area (TPSA) is 94.8 Å². The standard InChI is InChI=1S/C24H24N6O2S/c1-15-10-11-21(32-4)19(12-15)27-23(31)22-20(14-33-24-25-16(2)13-17(3)26-24)30(29-28-22)18-8-6-5-7-9-18/h5-13H,14H2,1-4H3,(H,27,31). The number of aryl methyl sites for hydroxylation is 3. The van der Waals surface area contributed by atoms with Gasteiger partial charge in [0.1, 0.15) is 5.75 Å². The third-order valence-corrected chi connectivity index (χ3v) is 5.74. The number of hydrogen-bond acceptors (Lipinski definition) is 7. The van der Waals surface area contributed by atoms with Gasteiger partial charge in [-0.05, 0) is 56.7 Å². The molecule has 2 aromatic carbocycles. The molecule has 9 heteroatoms. The number of rotatable bonds is 7. The summed E-state index contributed by atoms with van der Waals surface area (Å²) in [5, 5.41) is 12.1. The molecular formula is C24H24N6O2S. The fraction of sp³-hybridized carbons (Fsp3) is 0.208. The maximum Gasteiger partial charge on any atom is 0.278 e. The Hall–Kier alpha value is -3.72. The van der Waals surface area contributed by atoms with E-state index >= 15 is 0 Å². The number of para-hydroxylation sites is 1. The van der Waals surface area contributed by atoms with Crippen molar-refractivity contribution in [2.24, 2.45) is 0 Å². The van der Waals surface area contributed by atoms with E-state index in [1.807, 2.05) is 75.4 Å². The van der Waals surface area contributed by atoms with E-state index < -0.39 is 0 Å². The highest BCUT2D eigenvalue weighted by atomic mass is 32.2. The summed E-state index contributed by atoms with van der Waals surface area (Å²) in [7, 11) is 1.57.